The number of nitrogens with one attached hydrogen (secondary N) is 1. The first kappa shape index (κ1) is 17.1. The Hall–Kier alpha value is -0.980. The molecule has 6 heteroatoms. The summed E-state index contributed by atoms with van der Waals surface area (Å²) in [4.78, 5) is 10.3. The van der Waals surface area contributed by atoms with E-state index in [4.69, 9.17) is 5.11 Å². The van der Waals surface area contributed by atoms with Gasteiger partial charge in [0, 0.05) is 29.8 Å². The molecule has 1 unspecified atom stereocenters. The summed E-state index contributed by atoms with van der Waals surface area (Å²) in [5.74, 6) is 0.474. The van der Waals surface area contributed by atoms with E-state index in [2.05, 4.69) is 28.2 Å². The molecular formula is C14H21BrN2O3. The first-order chi connectivity index (χ1) is 9.58. The maximum atomic E-state index is 10.7. The van der Waals surface area contributed by atoms with Gasteiger partial charge in [-0.25, -0.2) is 0 Å². The van der Waals surface area contributed by atoms with E-state index in [0.29, 0.717) is 12.5 Å². The van der Waals surface area contributed by atoms with E-state index in [-0.39, 0.29) is 12.3 Å². The molecule has 0 amide bonds. The maximum absolute atomic E-state index is 10.7. The molecule has 0 aliphatic carbocycles. The van der Waals surface area contributed by atoms with E-state index in [9.17, 15) is 10.1 Å². The van der Waals surface area contributed by atoms with Gasteiger partial charge in [0.15, 0.2) is 0 Å². The number of hydrogen-bond donors (Lipinski definition) is 2. The van der Waals surface area contributed by atoms with Crippen molar-refractivity contribution in [3.8, 4) is 0 Å². The molecule has 0 saturated carbocycles. The fourth-order valence-corrected chi connectivity index (χ4v) is 2.65. The second-order valence-corrected chi connectivity index (χ2v) is 5.69. The lowest BCUT2D eigenvalue weighted by molar-refractivity contribution is -0.384. The fraction of sp³-hybridized carbons (Fsp3) is 0.571. The SMILES string of the molecule is CCCC(CCO)CNCc1ccc([N+](=O)[O-])cc1Br. The molecule has 20 heavy (non-hydrogen) atoms. The Morgan fingerprint density at radius 1 is 1.45 bits per heavy atom. The van der Waals surface area contributed by atoms with Crippen LogP contribution in [0.4, 0.5) is 5.69 Å². The molecule has 1 atom stereocenters. The highest BCUT2D eigenvalue weighted by Gasteiger charge is 2.10. The highest BCUT2D eigenvalue weighted by molar-refractivity contribution is 9.10. The predicted octanol–water partition coefficient (Wildman–Crippen LogP) is 3.25. The monoisotopic (exact) mass is 344 g/mol. The zero-order valence-corrected chi connectivity index (χ0v) is 13.2. The summed E-state index contributed by atoms with van der Waals surface area (Å²) in [6.07, 6.45) is 3.00. The van der Waals surface area contributed by atoms with E-state index in [0.717, 1.165) is 35.8 Å². The fourth-order valence-electron chi connectivity index (χ4n) is 2.14. The van der Waals surface area contributed by atoms with Crippen LogP contribution < -0.4 is 5.32 Å². The van der Waals surface area contributed by atoms with Crippen molar-refractivity contribution in [1.29, 1.82) is 0 Å². The number of nitro groups is 1. The molecule has 0 aliphatic rings. The van der Waals surface area contributed by atoms with Crippen molar-refractivity contribution in [3.63, 3.8) is 0 Å². The summed E-state index contributed by atoms with van der Waals surface area (Å²) in [7, 11) is 0. The second-order valence-electron chi connectivity index (χ2n) is 4.83. The van der Waals surface area contributed by atoms with Gasteiger partial charge in [-0.3, -0.25) is 10.1 Å². The summed E-state index contributed by atoms with van der Waals surface area (Å²) >= 11 is 3.36. The lowest BCUT2D eigenvalue weighted by Crippen LogP contribution is -2.23. The number of aliphatic hydroxyl groups excluding tert-OH is 1. The molecule has 0 heterocycles. The van der Waals surface area contributed by atoms with Gasteiger partial charge in [0.25, 0.3) is 5.69 Å². The minimum Gasteiger partial charge on any atom is -0.396 e. The lowest BCUT2D eigenvalue weighted by atomic mass is 10.0. The van der Waals surface area contributed by atoms with Gasteiger partial charge in [-0.15, -0.1) is 0 Å². The van der Waals surface area contributed by atoms with E-state index in [1.165, 1.54) is 12.1 Å². The van der Waals surface area contributed by atoms with Crippen LogP contribution in [0.3, 0.4) is 0 Å². The minimum absolute atomic E-state index is 0.0877. The Morgan fingerprint density at radius 2 is 2.20 bits per heavy atom. The number of nitrogens with zero attached hydrogens (tertiary/aromatic N) is 1. The van der Waals surface area contributed by atoms with E-state index >= 15 is 0 Å². The Balaban J connectivity index is 2.50. The van der Waals surface area contributed by atoms with Crippen LogP contribution in [0, 0.1) is 16.0 Å². The predicted molar refractivity (Wildman–Crippen MR) is 82.6 cm³/mol. The number of hydrogen-bond acceptors (Lipinski definition) is 4. The van der Waals surface area contributed by atoms with E-state index in [1.807, 2.05) is 0 Å². The van der Waals surface area contributed by atoms with Crippen molar-refractivity contribution in [2.75, 3.05) is 13.2 Å². The summed E-state index contributed by atoms with van der Waals surface area (Å²) in [6.45, 7) is 3.85. The highest BCUT2D eigenvalue weighted by Crippen LogP contribution is 2.23. The molecular weight excluding hydrogens is 324 g/mol. The molecule has 0 saturated heterocycles. The molecule has 1 rings (SSSR count). The van der Waals surface area contributed by atoms with Crippen molar-refractivity contribution in [2.45, 2.75) is 32.7 Å². The van der Waals surface area contributed by atoms with Crippen LogP contribution in [0.1, 0.15) is 31.7 Å². The molecule has 1 aromatic carbocycles. The third kappa shape index (κ3) is 5.56. The first-order valence-corrected chi connectivity index (χ1v) is 7.62. The molecule has 0 spiro atoms. The molecule has 0 aliphatic heterocycles. The van der Waals surface area contributed by atoms with Crippen LogP contribution in [-0.2, 0) is 6.54 Å². The lowest BCUT2D eigenvalue weighted by Gasteiger charge is -2.16. The molecule has 1 aromatic rings. The number of rotatable bonds is 9. The van der Waals surface area contributed by atoms with Crippen LogP contribution >= 0.6 is 15.9 Å². The third-order valence-corrected chi connectivity index (χ3v) is 3.97. The van der Waals surface area contributed by atoms with Gasteiger partial charge >= 0.3 is 0 Å². The average molecular weight is 345 g/mol. The van der Waals surface area contributed by atoms with Gasteiger partial charge in [0.1, 0.15) is 0 Å². The number of benzene rings is 1. The Kier molecular flexibility index (Phi) is 7.72. The van der Waals surface area contributed by atoms with Gasteiger partial charge in [-0.05, 0) is 36.9 Å². The third-order valence-electron chi connectivity index (χ3n) is 3.23. The van der Waals surface area contributed by atoms with Gasteiger partial charge in [-0.1, -0.05) is 29.3 Å². The minimum atomic E-state index is -0.402. The van der Waals surface area contributed by atoms with Crippen molar-refractivity contribution < 1.29 is 10.0 Å². The quantitative estimate of drug-likeness (QED) is 0.532. The zero-order valence-electron chi connectivity index (χ0n) is 11.6. The van der Waals surface area contributed by atoms with Crippen LogP contribution in [0.15, 0.2) is 22.7 Å². The molecule has 0 fully saturated rings. The summed E-state index contributed by atoms with van der Waals surface area (Å²) in [5.41, 5.74) is 1.08. The Labute approximate surface area is 127 Å². The van der Waals surface area contributed by atoms with Crippen molar-refractivity contribution in [2.24, 2.45) is 5.92 Å². The van der Waals surface area contributed by atoms with Crippen LogP contribution in [0.5, 0.6) is 0 Å². The Bertz CT molecular complexity index is 434. The molecule has 5 nitrogen and oxygen atoms in total. The van der Waals surface area contributed by atoms with Gasteiger partial charge < -0.3 is 10.4 Å². The van der Waals surface area contributed by atoms with Gasteiger partial charge in [0.2, 0.25) is 0 Å². The normalized spacial score (nSPS) is 12.3. The highest BCUT2D eigenvalue weighted by atomic mass is 79.9. The number of non-ortho nitro benzene ring substituents is 1. The average Bonchev–Trinajstić information content (AvgIpc) is 2.40. The first-order valence-electron chi connectivity index (χ1n) is 6.82. The van der Waals surface area contributed by atoms with Crippen molar-refractivity contribution in [3.05, 3.63) is 38.3 Å². The van der Waals surface area contributed by atoms with E-state index in [1.54, 1.807) is 6.07 Å². The van der Waals surface area contributed by atoms with Crippen LogP contribution in [0.2, 0.25) is 0 Å². The van der Waals surface area contributed by atoms with Crippen molar-refractivity contribution >= 4 is 21.6 Å². The largest absolute Gasteiger partial charge is 0.396 e. The van der Waals surface area contributed by atoms with Gasteiger partial charge in [0.05, 0.1) is 4.92 Å². The maximum Gasteiger partial charge on any atom is 0.270 e. The summed E-state index contributed by atoms with van der Waals surface area (Å²) < 4.78 is 0.744. The molecule has 112 valence electrons. The Morgan fingerprint density at radius 3 is 2.75 bits per heavy atom. The number of nitro benzene ring substituents is 1. The number of halogens is 1. The standard InChI is InChI=1S/C14H21BrN2O3/c1-2-3-11(6-7-18)9-16-10-12-4-5-13(17(19)20)8-14(12)15/h4-5,8,11,16,18H,2-3,6-7,9-10H2,1H3. The van der Waals surface area contributed by atoms with Crippen LogP contribution in [0.25, 0.3) is 0 Å². The summed E-state index contributed by atoms with van der Waals surface area (Å²) in [5, 5.41) is 23.0. The molecule has 0 aromatic heterocycles. The van der Waals surface area contributed by atoms with Crippen LogP contribution in [-0.4, -0.2) is 23.2 Å². The molecule has 2 N–H and O–H groups in total. The number of aliphatic hydroxyl groups is 1. The zero-order chi connectivity index (χ0) is 15.0. The topological polar surface area (TPSA) is 75.4 Å². The van der Waals surface area contributed by atoms with E-state index < -0.39 is 4.92 Å². The summed E-state index contributed by atoms with van der Waals surface area (Å²) in [6, 6.07) is 4.80. The van der Waals surface area contributed by atoms with Gasteiger partial charge in [-0.2, -0.15) is 0 Å². The molecule has 0 radical (unpaired) electrons. The second kappa shape index (κ2) is 9.05. The molecule has 0 bridgehead atoms. The smallest absolute Gasteiger partial charge is 0.270 e. The van der Waals surface area contributed by atoms with Crippen molar-refractivity contribution in [1.82, 2.24) is 5.32 Å².